The lowest BCUT2D eigenvalue weighted by Crippen LogP contribution is -2.46. The van der Waals surface area contributed by atoms with Crippen LogP contribution in [0.15, 0.2) is 18.2 Å². The maximum atomic E-state index is 13.2. The van der Waals surface area contributed by atoms with Crippen LogP contribution in [0.4, 0.5) is 22.0 Å². The summed E-state index contributed by atoms with van der Waals surface area (Å²) in [5.41, 5.74) is -1.19. The van der Waals surface area contributed by atoms with E-state index in [1.54, 1.807) is 4.90 Å². The lowest BCUT2D eigenvalue weighted by molar-refractivity contribution is -0.139. The minimum Gasteiger partial charge on any atom is -0.314 e. The maximum absolute atomic E-state index is 13.2. The van der Waals surface area contributed by atoms with Gasteiger partial charge in [0.05, 0.1) is 5.56 Å². The number of halogens is 6. The third-order valence-electron chi connectivity index (χ3n) is 3.69. The van der Waals surface area contributed by atoms with E-state index >= 15 is 0 Å². The van der Waals surface area contributed by atoms with Crippen LogP contribution in [0.3, 0.4) is 0 Å². The van der Waals surface area contributed by atoms with Crippen molar-refractivity contribution in [3.8, 4) is 0 Å². The van der Waals surface area contributed by atoms with E-state index in [0.29, 0.717) is 26.2 Å². The third-order valence-corrected chi connectivity index (χ3v) is 4.01. The Morgan fingerprint density at radius 2 is 1.82 bits per heavy atom. The van der Waals surface area contributed by atoms with Gasteiger partial charge in [0.2, 0.25) is 6.43 Å². The first kappa shape index (κ1) is 17.4. The molecule has 1 N–H and O–H groups in total. The van der Waals surface area contributed by atoms with Gasteiger partial charge in [-0.3, -0.25) is 4.90 Å². The Hall–Kier alpha value is -0.920. The topological polar surface area (TPSA) is 15.3 Å². The molecule has 1 atom stereocenters. The first-order valence-electron chi connectivity index (χ1n) is 6.89. The summed E-state index contributed by atoms with van der Waals surface area (Å²) in [5, 5.41) is 2.92. The molecule has 1 aliphatic heterocycles. The van der Waals surface area contributed by atoms with Crippen molar-refractivity contribution in [3.63, 3.8) is 0 Å². The summed E-state index contributed by atoms with van der Waals surface area (Å²) in [7, 11) is 0. The minimum atomic E-state index is -4.63. The Morgan fingerprint density at radius 3 is 2.36 bits per heavy atom. The minimum absolute atomic E-state index is 0.126. The summed E-state index contributed by atoms with van der Waals surface area (Å²) in [5.74, 6) is 0. The number of rotatable bonds is 4. The zero-order valence-corrected chi connectivity index (χ0v) is 12.4. The van der Waals surface area contributed by atoms with Gasteiger partial charge in [0.1, 0.15) is 0 Å². The molecule has 1 aromatic rings. The molecule has 2 rings (SSSR count). The number of piperazine rings is 1. The van der Waals surface area contributed by atoms with Crippen molar-refractivity contribution in [1.29, 1.82) is 0 Å². The molecule has 1 heterocycles. The van der Waals surface area contributed by atoms with E-state index in [0.717, 1.165) is 6.07 Å². The third kappa shape index (κ3) is 4.08. The second-order valence-electron chi connectivity index (χ2n) is 5.13. The van der Waals surface area contributed by atoms with Gasteiger partial charge in [-0.2, -0.15) is 13.2 Å². The van der Waals surface area contributed by atoms with Gasteiger partial charge in [-0.25, -0.2) is 8.78 Å². The van der Waals surface area contributed by atoms with Gasteiger partial charge in [0.25, 0.3) is 0 Å². The van der Waals surface area contributed by atoms with E-state index in [1.807, 2.05) is 0 Å². The molecule has 0 saturated carbocycles. The van der Waals surface area contributed by atoms with E-state index in [-0.39, 0.29) is 10.6 Å². The highest BCUT2D eigenvalue weighted by Gasteiger charge is 2.38. The summed E-state index contributed by atoms with van der Waals surface area (Å²) < 4.78 is 65.5. The molecule has 0 bridgehead atoms. The monoisotopic (exact) mass is 342 g/mol. The Balaban J connectivity index is 2.46. The molecular weight excluding hydrogens is 327 g/mol. The van der Waals surface area contributed by atoms with Crippen LogP contribution < -0.4 is 5.32 Å². The fourth-order valence-electron chi connectivity index (χ4n) is 2.73. The van der Waals surface area contributed by atoms with Gasteiger partial charge >= 0.3 is 6.18 Å². The lowest BCUT2D eigenvalue weighted by Gasteiger charge is -2.36. The SMILES string of the molecule is FC(F)C[C@H](c1c(Cl)cccc1C(F)(F)F)N1CCNCC1. The summed E-state index contributed by atoms with van der Waals surface area (Å²) in [4.78, 5) is 1.64. The molecule has 0 aliphatic carbocycles. The van der Waals surface area contributed by atoms with Crippen molar-refractivity contribution >= 4 is 11.6 Å². The van der Waals surface area contributed by atoms with Gasteiger partial charge in [-0.05, 0) is 12.1 Å². The molecule has 0 aromatic heterocycles. The second kappa shape index (κ2) is 7.10. The summed E-state index contributed by atoms with van der Waals surface area (Å²) in [6.07, 6.45) is -8.01. The number of benzene rings is 1. The molecule has 8 heteroatoms. The largest absolute Gasteiger partial charge is 0.416 e. The molecule has 0 unspecified atom stereocenters. The van der Waals surface area contributed by atoms with Gasteiger partial charge in [0.15, 0.2) is 0 Å². The van der Waals surface area contributed by atoms with E-state index in [9.17, 15) is 22.0 Å². The van der Waals surface area contributed by atoms with Crippen molar-refractivity contribution < 1.29 is 22.0 Å². The van der Waals surface area contributed by atoms with Crippen molar-refractivity contribution in [3.05, 3.63) is 34.3 Å². The standard InChI is InChI=1S/C14H16ClF5N2/c15-10-3-1-2-9(14(18,19)20)13(10)11(8-12(16)17)22-6-4-21-5-7-22/h1-3,11-12,21H,4-8H2/t11-/m1/s1. The van der Waals surface area contributed by atoms with E-state index < -0.39 is 30.6 Å². The maximum Gasteiger partial charge on any atom is 0.416 e. The highest BCUT2D eigenvalue weighted by atomic mass is 35.5. The van der Waals surface area contributed by atoms with Crippen molar-refractivity contribution in [2.75, 3.05) is 26.2 Å². The predicted molar refractivity (Wildman–Crippen MR) is 74.3 cm³/mol. The summed E-state index contributed by atoms with van der Waals surface area (Å²) in [6.45, 7) is 1.90. The molecular formula is C14H16ClF5N2. The van der Waals surface area contributed by atoms with Crippen LogP contribution in [0.25, 0.3) is 0 Å². The number of nitrogens with one attached hydrogen (secondary N) is 1. The Labute approximate surface area is 130 Å². The molecule has 2 nitrogen and oxygen atoms in total. The number of nitrogens with zero attached hydrogens (tertiary/aromatic N) is 1. The number of alkyl halides is 5. The molecule has 22 heavy (non-hydrogen) atoms. The van der Waals surface area contributed by atoms with Crippen LogP contribution >= 0.6 is 11.6 Å². The van der Waals surface area contributed by atoms with Gasteiger partial charge in [-0.1, -0.05) is 17.7 Å². The van der Waals surface area contributed by atoms with Crippen LogP contribution in [-0.4, -0.2) is 37.5 Å². The summed E-state index contributed by atoms with van der Waals surface area (Å²) >= 11 is 5.95. The van der Waals surface area contributed by atoms with E-state index in [1.165, 1.54) is 12.1 Å². The van der Waals surface area contributed by atoms with Gasteiger partial charge < -0.3 is 5.32 Å². The first-order chi connectivity index (χ1) is 10.3. The number of hydrogen-bond donors (Lipinski definition) is 1. The smallest absolute Gasteiger partial charge is 0.314 e. The molecule has 1 aromatic carbocycles. The van der Waals surface area contributed by atoms with Crippen LogP contribution in [0.5, 0.6) is 0 Å². The fraction of sp³-hybridized carbons (Fsp3) is 0.571. The molecule has 1 aliphatic rings. The summed E-state index contributed by atoms with van der Waals surface area (Å²) in [6, 6.07) is 2.34. The van der Waals surface area contributed by atoms with Crippen LogP contribution in [0, 0.1) is 0 Å². The Bertz CT molecular complexity index is 500. The van der Waals surface area contributed by atoms with Crippen molar-refractivity contribution in [2.45, 2.75) is 25.1 Å². The molecule has 0 amide bonds. The van der Waals surface area contributed by atoms with Crippen LogP contribution in [0.2, 0.25) is 5.02 Å². The van der Waals surface area contributed by atoms with Gasteiger partial charge in [0, 0.05) is 49.2 Å². The molecule has 1 fully saturated rings. The number of hydrogen-bond acceptors (Lipinski definition) is 2. The van der Waals surface area contributed by atoms with Crippen LogP contribution in [-0.2, 0) is 6.18 Å². The Morgan fingerprint density at radius 1 is 1.18 bits per heavy atom. The first-order valence-corrected chi connectivity index (χ1v) is 7.27. The van der Waals surface area contributed by atoms with Crippen LogP contribution in [0.1, 0.15) is 23.6 Å². The zero-order valence-electron chi connectivity index (χ0n) is 11.6. The quantitative estimate of drug-likeness (QED) is 0.833. The molecule has 124 valence electrons. The Kier molecular flexibility index (Phi) is 5.63. The van der Waals surface area contributed by atoms with Crippen molar-refractivity contribution in [1.82, 2.24) is 10.2 Å². The average Bonchev–Trinajstić information content (AvgIpc) is 2.44. The molecule has 0 spiro atoms. The zero-order chi connectivity index (χ0) is 16.3. The lowest BCUT2D eigenvalue weighted by atomic mass is 9.95. The molecule has 1 saturated heterocycles. The fourth-order valence-corrected chi connectivity index (χ4v) is 3.04. The average molecular weight is 343 g/mol. The van der Waals surface area contributed by atoms with E-state index in [2.05, 4.69) is 5.32 Å². The highest BCUT2D eigenvalue weighted by Crippen LogP contribution is 2.41. The van der Waals surface area contributed by atoms with Crippen molar-refractivity contribution in [2.24, 2.45) is 0 Å². The predicted octanol–water partition coefficient (Wildman–Crippen LogP) is 3.96. The molecule has 0 radical (unpaired) electrons. The van der Waals surface area contributed by atoms with Gasteiger partial charge in [-0.15, -0.1) is 0 Å². The van der Waals surface area contributed by atoms with E-state index in [4.69, 9.17) is 11.6 Å². The second-order valence-corrected chi connectivity index (χ2v) is 5.53. The normalized spacial score (nSPS) is 18.7. The highest BCUT2D eigenvalue weighted by molar-refractivity contribution is 6.31.